The fourth-order valence-corrected chi connectivity index (χ4v) is 4.75. The van der Waals surface area contributed by atoms with Crippen molar-refractivity contribution in [3.63, 3.8) is 0 Å². The number of halogens is 1. The minimum Gasteiger partial charge on any atom is -0.348 e. The fourth-order valence-electron chi connectivity index (χ4n) is 2.25. The molecule has 7 heteroatoms. The van der Waals surface area contributed by atoms with Crippen molar-refractivity contribution in [1.82, 2.24) is 14.9 Å². The van der Waals surface area contributed by atoms with Gasteiger partial charge in [-0.3, -0.25) is 4.79 Å². The molecule has 2 heterocycles. The lowest BCUT2D eigenvalue weighted by molar-refractivity contribution is -0.127. The van der Waals surface area contributed by atoms with E-state index in [0.717, 1.165) is 30.2 Å². The lowest BCUT2D eigenvalue weighted by atomic mass is 10.2. The largest absolute Gasteiger partial charge is 0.348 e. The summed E-state index contributed by atoms with van der Waals surface area (Å²) in [7, 11) is 3.54. The van der Waals surface area contributed by atoms with Gasteiger partial charge in [-0.25, -0.2) is 9.97 Å². The molecular weight excluding hydrogens is 406 g/mol. The summed E-state index contributed by atoms with van der Waals surface area (Å²) in [5.41, 5.74) is 2.06. The van der Waals surface area contributed by atoms with E-state index in [1.54, 1.807) is 36.7 Å². The van der Waals surface area contributed by atoms with Crippen molar-refractivity contribution >= 4 is 55.2 Å². The number of hydrogen-bond acceptors (Lipinski definition) is 5. The number of thioether (sulfide) groups is 1. The second kappa shape index (κ2) is 7.21. The molecule has 124 valence electrons. The van der Waals surface area contributed by atoms with Gasteiger partial charge in [-0.1, -0.05) is 39.8 Å². The lowest BCUT2D eigenvalue weighted by Gasteiger charge is -2.15. The van der Waals surface area contributed by atoms with Gasteiger partial charge in [0.15, 0.2) is 0 Å². The van der Waals surface area contributed by atoms with Gasteiger partial charge in [-0.15, -0.1) is 11.3 Å². The number of benzene rings is 1. The number of nitrogens with zero attached hydrogens (tertiary/aromatic N) is 3. The van der Waals surface area contributed by atoms with Crippen LogP contribution in [0, 0.1) is 0 Å². The molecule has 0 bridgehead atoms. The maximum Gasteiger partial charge on any atom is 0.235 e. The third-order valence-electron chi connectivity index (χ3n) is 3.48. The normalized spacial score (nSPS) is 12.3. The minimum absolute atomic E-state index is 0.0800. The van der Waals surface area contributed by atoms with E-state index in [-0.39, 0.29) is 11.2 Å². The smallest absolute Gasteiger partial charge is 0.235 e. The standard InChI is InChI=1S/C17H16BrN3OS2/c1-10(17(22)21(2)3)23-16-15-13(19-9-20-16)8-14(24-15)11-4-6-12(18)7-5-11/h4-10H,1-3H3. The zero-order valence-electron chi connectivity index (χ0n) is 13.5. The molecule has 0 aliphatic heterocycles. The highest BCUT2D eigenvalue weighted by atomic mass is 79.9. The third-order valence-corrected chi connectivity index (χ3v) is 6.41. The molecule has 0 aliphatic rings. The van der Waals surface area contributed by atoms with Crippen LogP contribution in [0.2, 0.25) is 0 Å². The molecule has 1 amide bonds. The Hall–Kier alpha value is -1.44. The second-order valence-electron chi connectivity index (χ2n) is 5.50. The van der Waals surface area contributed by atoms with Gasteiger partial charge in [-0.2, -0.15) is 0 Å². The average Bonchev–Trinajstić information content (AvgIpc) is 2.99. The van der Waals surface area contributed by atoms with Crippen LogP contribution in [-0.2, 0) is 4.79 Å². The Labute approximate surface area is 157 Å². The molecule has 0 aliphatic carbocycles. The first-order chi connectivity index (χ1) is 11.5. The maximum atomic E-state index is 12.1. The first-order valence-electron chi connectivity index (χ1n) is 7.34. The summed E-state index contributed by atoms with van der Waals surface area (Å²) in [5.74, 6) is 0.0800. The zero-order chi connectivity index (χ0) is 17.3. The molecule has 0 spiro atoms. The van der Waals surface area contributed by atoms with Crippen LogP contribution in [0.25, 0.3) is 20.7 Å². The number of carbonyl (C=O) groups is 1. The van der Waals surface area contributed by atoms with E-state index in [9.17, 15) is 4.79 Å². The molecule has 0 saturated carbocycles. The van der Waals surface area contributed by atoms with E-state index < -0.39 is 0 Å². The van der Waals surface area contributed by atoms with Gasteiger partial charge in [0, 0.05) is 23.4 Å². The van der Waals surface area contributed by atoms with E-state index in [2.05, 4.69) is 44.1 Å². The van der Waals surface area contributed by atoms with Crippen LogP contribution < -0.4 is 0 Å². The Kier molecular flexibility index (Phi) is 5.22. The van der Waals surface area contributed by atoms with Crippen LogP contribution in [0.1, 0.15) is 6.92 Å². The third kappa shape index (κ3) is 3.63. The van der Waals surface area contributed by atoms with Crippen molar-refractivity contribution in [3.05, 3.63) is 41.1 Å². The number of thiophene rings is 1. The molecule has 24 heavy (non-hydrogen) atoms. The van der Waals surface area contributed by atoms with E-state index in [1.807, 2.05) is 19.1 Å². The first kappa shape index (κ1) is 17.4. The van der Waals surface area contributed by atoms with Crippen LogP contribution in [0.15, 0.2) is 46.2 Å². The van der Waals surface area contributed by atoms with Crippen LogP contribution in [-0.4, -0.2) is 40.1 Å². The van der Waals surface area contributed by atoms with Crippen LogP contribution in [0.4, 0.5) is 0 Å². The summed E-state index contributed by atoms with van der Waals surface area (Å²) in [6.07, 6.45) is 1.57. The predicted octanol–water partition coefficient (Wildman–Crippen LogP) is 4.69. The van der Waals surface area contributed by atoms with Gasteiger partial charge < -0.3 is 4.90 Å². The van der Waals surface area contributed by atoms with E-state index >= 15 is 0 Å². The lowest BCUT2D eigenvalue weighted by Crippen LogP contribution is -2.29. The van der Waals surface area contributed by atoms with Crippen molar-refractivity contribution in [2.45, 2.75) is 17.2 Å². The molecule has 1 unspecified atom stereocenters. The van der Waals surface area contributed by atoms with Crippen molar-refractivity contribution < 1.29 is 4.79 Å². The topological polar surface area (TPSA) is 46.1 Å². The molecule has 0 saturated heterocycles. The molecule has 3 aromatic rings. The summed E-state index contributed by atoms with van der Waals surface area (Å²) in [4.78, 5) is 23.6. The number of fused-ring (bicyclic) bond motifs is 1. The van der Waals surface area contributed by atoms with Gasteiger partial charge in [0.1, 0.15) is 11.4 Å². The second-order valence-corrected chi connectivity index (χ2v) is 8.80. The highest BCUT2D eigenvalue weighted by molar-refractivity contribution is 9.10. The van der Waals surface area contributed by atoms with Gasteiger partial charge >= 0.3 is 0 Å². The van der Waals surface area contributed by atoms with Gasteiger partial charge in [0.2, 0.25) is 5.91 Å². The number of hydrogen-bond donors (Lipinski definition) is 0. The van der Waals surface area contributed by atoms with Gasteiger partial charge in [0.25, 0.3) is 0 Å². The highest BCUT2D eigenvalue weighted by Gasteiger charge is 2.19. The van der Waals surface area contributed by atoms with Crippen LogP contribution >= 0.6 is 39.0 Å². The molecule has 0 N–H and O–H groups in total. The summed E-state index contributed by atoms with van der Waals surface area (Å²) in [5, 5.41) is 0.674. The Balaban J connectivity index is 1.95. The summed E-state index contributed by atoms with van der Waals surface area (Å²) < 4.78 is 2.08. The molecule has 2 aromatic heterocycles. The number of aromatic nitrogens is 2. The predicted molar refractivity (Wildman–Crippen MR) is 105 cm³/mol. The summed E-state index contributed by atoms with van der Waals surface area (Å²) in [6, 6.07) is 10.3. The molecule has 0 fully saturated rings. The Morgan fingerprint density at radius 2 is 1.96 bits per heavy atom. The van der Waals surface area contributed by atoms with E-state index in [0.29, 0.717) is 0 Å². The quantitative estimate of drug-likeness (QED) is 0.452. The first-order valence-corrected chi connectivity index (χ1v) is 9.83. The monoisotopic (exact) mass is 421 g/mol. The zero-order valence-corrected chi connectivity index (χ0v) is 16.7. The Morgan fingerprint density at radius 3 is 2.62 bits per heavy atom. The van der Waals surface area contributed by atoms with Crippen LogP contribution in [0.5, 0.6) is 0 Å². The average molecular weight is 422 g/mol. The van der Waals surface area contributed by atoms with Gasteiger partial charge in [0.05, 0.1) is 15.5 Å². The molecule has 4 nitrogen and oxygen atoms in total. The SMILES string of the molecule is CC(Sc1ncnc2cc(-c3ccc(Br)cc3)sc12)C(=O)N(C)C. The number of amides is 1. The molecule has 0 radical (unpaired) electrons. The highest BCUT2D eigenvalue weighted by Crippen LogP contribution is 2.38. The minimum atomic E-state index is -0.184. The van der Waals surface area contributed by atoms with E-state index in [1.165, 1.54) is 11.8 Å². The van der Waals surface area contributed by atoms with Crippen LogP contribution in [0.3, 0.4) is 0 Å². The maximum absolute atomic E-state index is 12.1. The van der Waals surface area contributed by atoms with Gasteiger partial charge in [-0.05, 0) is 30.7 Å². The Morgan fingerprint density at radius 1 is 1.25 bits per heavy atom. The number of rotatable bonds is 4. The summed E-state index contributed by atoms with van der Waals surface area (Å²) >= 11 is 6.60. The summed E-state index contributed by atoms with van der Waals surface area (Å²) in [6.45, 7) is 1.91. The van der Waals surface area contributed by atoms with Crippen molar-refractivity contribution in [3.8, 4) is 10.4 Å². The number of carbonyl (C=O) groups excluding carboxylic acids is 1. The molecule has 3 rings (SSSR count). The molecule has 1 aromatic carbocycles. The fraction of sp³-hybridized carbons (Fsp3) is 0.235. The van der Waals surface area contributed by atoms with Crippen molar-refractivity contribution in [1.29, 1.82) is 0 Å². The Bertz CT molecular complexity index is 877. The van der Waals surface area contributed by atoms with Crippen molar-refractivity contribution in [2.24, 2.45) is 0 Å². The van der Waals surface area contributed by atoms with E-state index in [4.69, 9.17) is 0 Å². The van der Waals surface area contributed by atoms with Crippen molar-refractivity contribution in [2.75, 3.05) is 14.1 Å². The molecular formula is C17H16BrN3OS2. The molecule has 1 atom stereocenters.